The van der Waals surface area contributed by atoms with Crippen LogP contribution in [0.4, 0.5) is 10.5 Å². The minimum Gasteiger partial charge on any atom is -0.497 e. The number of nitrogens with one attached hydrogen (secondary N) is 2. The summed E-state index contributed by atoms with van der Waals surface area (Å²) in [7, 11) is 1.64. The Balaban J connectivity index is 1.96. The number of anilines is 1. The van der Waals surface area contributed by atoms with Crippen molar-refractivity contribution < 1.29 is 14.3 Å². The van der Waals surface area contributed by atoms with Gasteiger partial charge >= 0.3 is 6.03 Å². The van der Waals surface area contributed by atoms with Crippen LogP contribution in [0.2, 0.25) is 0 Å². The van der Waals surface area contributed by atoms with Gasteiger partial charge in [0, 0.05) is 12.0 Å². The number of methoxy groups -OCH3 is 1. The molecule has 0 spiro atoms. The van der Waals surface area contributed by atoms with Crippen LogP contribution < -0.4 is 20.1 Å². The first-order valence-corrected chi connectivity index (χ1v) is 8.37. The Morgan fingerprint density at radius 3 is 2.40 bits per heavy atom. The summed E-state index contributed by atoms with van der Waals surface area (Å²) in [6.45, 7) is 7.13. The Labute approximate surface area is 149 Å². The van der Waals surface area contributed by atoms with E-state index in [4.69, 9.17) is 9.47 Å². The number of carbonyl (C=O) groups is 1. The predicted molar refractivity (Wildman–Crippen MR) is 101 cm³/mol. The van der Waals surface area contributed by atoms with Crippen molar-refractivity contribution in [3.8, 4) is 11.5 Å². The molecule has 0 aromatic heterocycles. The molecule has 0 unspecified atom stereocenters. The fraction of sp³-hybridized carbons (Fsp3) is 0.350. The van der Waals surface area contributed by atoms with Crippen LogP contribution in [-0.2, 0) is 5.41 Å². The first-order chi connectivity index (χ1) is 12.0. The van der Waals surface area contributed by atoms with E-state index in [1.807, 2.05) is 55.5 Å². The van der Waals surface area contributed by atoms with E-state index in [9.17, 15) is 4.79 Å². The van der Waals surface area contributed by atoms with Gasteiger partial charge in [-0.05, 0) is 36.8 Å². The Morgan fingerprint density at radius 2 is 1.76 bits per heavy atom. The summed E-state index contributed by atoms with van der Waals surface area (Å²) in [4.78, 5) is 12.2. The molecule has 0 heterocycles. The smallest absolute Gasteiger partial charge is 0.319 e. The average Bonchev–Trinajstić information content (AvgIpc) is 2.62. The SMILES string of the molecule is CCOc1ccccc1NC(=O)NCC(C)(C)c1ccc(OC)cc1. The molecule has 2 aromatic rings. The lowest BCUT2D eigenvalue weighted by molar-refractivity contribution is 0.249. The molecule has 0 saturated heterocycles. The zero-order valence-electron chi connectivity index (χ0n) is 15.3. The average molecular weight is 342 g/mol. The maximum absolute atomic E-state index is 12.2. The largest absolute Gasteiger partial charge is 0.497 e. The number of benzene rings is 2. The van der Waals surface area contributed by atoms with Crippen LogP contribution in [0.3, 0.4) is 0 Å². The Bertz CT molecular complexity index is 696. The van der Waals surface area contributed by atoms with Gasteiger partial charge < -0.3 is 20.1 Å². The molecular formula is C20H26N2O3. The van der Waals surface area contributed by atoms with Gasteiger partial charge in [0.1, 0.15) is 11.5 Å². The normalized spacial score (nSPS) is 10.9. The molecule has 2 amide bonds. The van der Waals surface area contributed by atoms with E-state index in [0.29, 0.717) is 24.6 Å². The van der Waals surface area contributed by atoms with Gasteiger partial charge in [-0.3, -0.25) is 0 Å². The number of urea groups is 1. The first kappa shape index (κ1) is 18.6. The molecular weight excluding hydrogens is 316 g/mol. The summed E-state index contributed by atoms with van der Waals surface area (Å²) < 4.78 is 10.7. The first-order valence-electron chi connectivity index (χ1n) is 8.37. The maximum atomic E-state index is 12.2. The van der Waals surface area contributed by atoms with E-state index < -0.39 is 0 Å². The quantitative estimate of drug-likeness (QED) is 0.793. The van der Waals surface area contributed by atoms with Crippen molar-refractivity contribution in [1.29, 1.82) is 0 Å². The lowest BCUT2D eigenvalue weighted by Gasteiger charge is -2.26. The summed E-state index contributed by atoms with van der Waals surface area (Å²) in [5.74, 6) is 1.48. The van der Waals surface area contributed by atoms with E-state index in [2.05, 4.69) is 24.5 Å². The number of rotatable bonds is 7. The summed E-state index contributed by atoms with van der Waals surface area (Å²) >= 11 is 0. The summed E-state index contributed by atoms with van der Waals surface area (Å²) in [6.07, 6.45) is 0. The Morgan fingerprint density at radius 1 is 1.08 bits per heavy atom. The van der Waals surface area contributed by atoms with Gasteiger partial charge in [-0.25, -0.2) is 4.79 Å². The topological polar surface area (TPSA) is 59.6 Å². The lowest BCUT2D eigenvalue weighted by Crippen LogP contribution is -2.39. The van der Waals surface area contributed by atoms with E-state index >= 15 is 0 Å². The van der Waals surface area contributed by atoms with Gasteiger partial charge in [0.25, 0.3) is 0 Å². The number of carbonyl (C=O) groups excluding carboxylic acids is 1. The molecule has 0 fully saturated rings. The fourth-order valence-electron chi connectivity index (χ4n) is 2.46. The summed E-state index contributed by atoms with van der Waals surface area (Å²) in [5.41, 5.74) is 1.58. The van der Waals surface area contributed by atoms with Crippen LogP contribution >= 0.6 is 0 Å². The van der Waals surface area contributed by atoms with Crippen LogP contribution in [0.1, 0.15) is 26.3 Å². The molecule has 2 aromatic carbocycles. The second kappa shape index (κ2) is 8.42. The highest BCUT2D eigenvalue weighted by Gasteiger charge is 2.21. The predicted octanol–water partition coefficient (Wildman–Crippen LogP) is 4.19. The zero-order valence-corrected chi connectivity index (χ0v) is 15.3. The molecule has 0 atom stereocenters. The molecule has 0 saturated carbocycles. The second-order valence-corrected chi connectivity index (χ2v) is 6.35. The summed E-state index contributed by atoms with van der Waals surface area (Å²) in [6, 6.07) is 15.0. The molecule has 25 heavy (non-hydrogen) atoms. The molecule has 134 valence electrons. The second-order valence-electron chi connectivity index (χ2n) is 6.35. The molecule has 0 aliphatic carbocycles. The van der Waals surface area contributed by atoms with Gasteiger partial charge in [0.15, 0.2) is 0 Å². The van der Waals surface area contributed by atoms with Crippen molar-refractivity contribution in [3.05, 3.63) is 54.1 Å². The van der Waals surface area contributed by atoms with Crippen molar-refractivity contribution in [2.75, 3.05) is 25.6 Å². The van der Waals surface area contributed by atoms with E-state index in [-0.39, 0.29) is 11.4 Å². The van der Waals surface area contributed by atoms with Crippen molar-refractivity contribution in [1.82, 2.24) is 5.32 Å². The highest BCUT2D eigenvalue weighted by Crippen LogP contribution is 2.25. The molecule has 2 N–H and O–H groups in total. The van der Waals surface area contributed by atoms with Crippen molar-refractivity contribution in [3.63, 3.8) is 0 Å². The third-order valence-corrected chi connectivity index (χ3v) is 4.00. The van der Waals surface area contributed by atoms with Gasteiger partial charge in [-0.2, -0.15) is 0 Å². The van der Waals surface area contributed by atoms with Crippen molar-refractivity contribution >= 4 is 11.7 Å². The Kier molecular flexibility index (Phi) is 6.28. The van der Waals surface area contributed by atoms with E-state index in [1.165, 1.54) is 0 Å². The highest BCUT2D eigenvalue weighted by atomic mass is 16.5. The summed E-state index contributed by atoms with van der Waals surface area (Å²) in [5, 5.41) is 5.77. The molecule has 0 radical (unpaired) electrons. The Hall–Kier alpha value is -2.69. The molecule has 5 heteroatoms. The standard InChI is InChI=1S/C20H26N2O3/c1-5-25-18-9-7-6-8-17(18)22-19(23)21-14-20(2,3)15-10-12-16(24-4)13-11-15/h6-13H,5,14H2,1-4H3,(H2,21,22,23). The number of amides is 2. The number of hydrogen-bond donors (Lipinski definition) is 2. The van der Waals surface area contributed by atoms with Crippen LogP contribution in [0, 0.1) is 0 Å². The monoisotopic (exact) mass is 342 g/mol. The van der Waals surface area contributed by atoms with E-state index in [1.54, 1.807) is 7.11 Å². The van der Waals surface area contributed by atoms with Crippen molar-refractivity contribution in [2.45, 2.75) is 26.2 Å². The third kappa shape index (κ3) is 5.14. The van der Waals surface area contributed by atoms with Crippen molar-refractivity contribution in [2.24, 2.45) is 0 Å². The minimum atomic E-state index is -0.256. The zero-order chi connectivity index (χ0) is 18.3. The van der Waals surface area contributed by atoms with Gasteiger partial charge in [-0.15, -0.1) is 0 Å². The third-order valence-electron chi connectivity index (χ3n) is 4.00. The molecule has 0 aliphatic heterocycles. The molecule has 2 rings (SSSR count). The minimum absolute atomic E-state index is 0.205. The van der Waals surface area contributed by atoms with Crippen LogP contribution in [0.25, 0.3) is 0 Å². The number of hydrogen-bond acceptors (Lipinski definition) is 3. The van der Waals surface area contributed by atoms with Crippen LogP contribution in [0.15, 0.2) is 48.5 Å². The lowest BCUT2D eigenvalue weighted by atomic mass is 9.84. The van der Waals surface area contributed by atoms with E-state index in [0.717, 1.165) is 11.3 Å². The molecule has 5 nitrogen and oxygen atoms in total. The van der Waals surface area contributed by atoms with Crippen LogP contribution in [-0.4, -0.2) is 26.3 Å². The van der Waals surface area contributed by atoms with Gasteiger partial charge in [0.05, 0.1) is 19.4 Å². The molecule has 0 aliphatic rings. The number of para-hydroxylation sites is 2. The number of ether oxygens (including phenoxy) is 2. The fourth-order valence-corrected chi connectivity index (χ4v) is 2.46. The molecule has 0 bridgehead atoms. The maximum Gasteiger partial charge on any atom is 0.319 e. The van der Waals surface area contributed by atoms with Gasteiger partial charge in [0.2, 0.25) is 0 Å². The van der Waals surface area contributed by atoms with Crippen LogP contribution in [0.5, 0.6) is 11.5 Å². The highest BCUT2D eigenvalue weighted by molar-refractivity contribution is 5.90. The van der Waals surface area contributed by atoms with Gasteiger partial charge in [-0.1, -0.05) is 38.1 Å².